The summed E-state index contributed by atoms with van der Waals surface area (Å²) in [5.41, 5.74) is 4.55. The van der Waals surface area contributed by atoms with Gasteiger partial charge in [0, 0.05) is 45.0 Å². The van der Waals surface area contributed by atoms with Crippen LogP contribution >= 0.6 is 11.6 Å². The number of ether oxygens (including phenoxy) is 7. The molecular formula is C43H61ClN4O10Si2. The summed E-state index contributed by atoms with van der Waals surface area (Å²) in [6.07, 6.45) is -1.09. The molecule has 328 valence electrons. The van der Waals surface area contributed by atoms with Gasteiger partial charge in [0.25, 0.3) is 5.91 Å². The second-order valence-corrected chi connectivity index (χ2v) is 28.7. The maximum atomic E-state index is 12.9. The third-order valence-electron chi connectivity index (χ3n) is 11.2. The van der Waals surface area contributed by atoms with E-state index in [-0.39, 0.29) is 56.0 Å². The molecule has 2 N–H and O–H groups in total. The molecule has 6 rings (SSSR count). The smallest absolute Gasteiger partial charge is 0.301 e. The van der Waals surface area contributed by atoms with Crippen molar-refractivity contribution in [3.8, 4) is 34.1 Å². The van der Waals surface area contributed by atoms with Gasteiger partial charge in [-0.3, -0.25) is 9.36 Å². The summed E-state index contributed by atoms with van der Waals surface area (Å²) in [4.78, 5) is 22.7. The number of amides is 1. The highest BCUT2D eigenvalue weighted by Gasteiger charge is 2.52. The third-order valence-corrected chi connectivity index (χ3v) is 17.7. The summed E-state index contributed by atoms with van der Waals surface area (Å²) in [5, 5.41) is 12.2. The van der Waals surface area contributed by atoms with Crippen molar-refractivity contribution in [1.82, 2.24) is 19.9 Å². The minimum atomic E-state index is -2.05. The quantitative estimate of drug-likeness (QED) is 0.0517. The molecular weight excluding hydrogens is 824 g/mol. The van der Waals surface area contributed by atoms with Crippen LogP contribution in [0.1, 0.15) is 31.1 Å². The van der Waals surface area contributed by atoms with Crippen LogP contribution in [-0.4, -0.2) is 126 Å². The molecule has 0 bridgehead atoms. The zero-order valence-corrected chi connectivity index (χ0v) is 39.1. The highest BCUT2D eigenvalue weighted by Crippen LogP contribution is 2.41. The van der Waals surface area contributed by atoms with Gasteiger partial charge in [0.2, 0.25) is 0 Å². The molecule has 60 heavy (non-hydrogen) atoms. The van der Waals surface area contributed by atoms with E-state index >= 15 is 0 Å². The van der Waals surface area contributed by atoms with Crippen molar-refractivity contribution < 1.29 is 47.5 Å². The number of nitrogens with zero attached hydrogens (tertiary/aromatic N) is 3. The molecule has 17 heteroatoms. The Labute approximate surface area is 360 Å². The predicted molar refractivity (Wildman–Crippen MR) is 236 cm³/mol. The van der Waals surface area contributed by atoms with Gasteiger partial charge < -0.3 is 48.0 Å². The fourth-order valence-electron chi connectivity index (χ4n) is 6.73. The number of benzene rings is 2. The van der Waals surface area contributed by atoms with Crippen LogP contribution in [0.5, 0.6) is 11.8 Å². The number of carbonyl (C=O) groups excluding carboxylic acids is 1. The van der Waals surface area contributed by atoms with Gasteiger partial charge in [-0.15, -0.1) is 0 Å². The Hall–Kier alpha value is -3.43. The van der Waals surface area contributed by atoms with Gasteiger partial charge in [-0.05, 0) is 54.0 Å². The third kappa shape index (κ3) is 11.1. The van der Waals surface area contributed by atoms with E-state index in [1.165, 1.54) is 7.11 Å². The number of fused-ring (bicyclic) bond motifs is 2. The zero-order chi connectivity index (χ0) is 43.2. The van der Waals surface area contributed by atoms with Crippen LogP contribution in [0.15, 0.2) is 48.5 Å². The number of aliphatic hydroxyl groups excluding tert-OH is 1. The van der Waals surface area contributed by atoms with Crippen LogP contribution in [0.2, 0.25) is 48.8 Å². The number of nitrogens with one attached hydrogen (secondary N) is 1. The van der Waals surface area contributed by atoms with Crippen molar-refractivity contribution >= 4 is 45.1 Å². The van der Waals surface area contributed by atoms with Gasteiger partial charge >= 0.3 is 6.01 Å². The molecule has 2 fully saturated rings. The number of halogens is 1. The Kier molecular flexibility index (Phi) is 15.2. The highest BCUT2D eigenvalue weighted by atomic mass is 35.5. The molecule has 0 spiro atoms. The fourth-order valence-corrected chi connectivity index (χ4v) is 9.06. The first-order chi connectivity index (χ1) is 28.5. The van der Waals surface area contributed by atoms with E-state index in [4.69, 9.17) is 64.3 Å². The van der Waals surface area contributed by atoms with Gasteiger partial charge in [0.05, 0.1) is 55.4 Å². The number of hydrogen-bond donors (Lipinski definition) is 2. The summed E-state index contributed by atoms with van der Waals surface area (Å²) in [5.74, 6) is 0.210. The number of carbonyl (C=O) groups is 1. The second kappa shape index (κ2) is 19.7. The number of pyridine rings is 1. The van der Waals surface area contributed by atoms with E-state index in [0.29, 0.717) is 72.2 Å². The first kappa shape index (κ1) is 46.1. The first-order valence-corrected chi connectivity index (χ1v) is 27.5. The maximum Gasteiger partial charge on any atom is 0.301 e. The van der Waals surface area contributed by atoms with Crippen molar-refractivity contribution in [3.63, 3.8) is 0 Å². The average Bonchev–Trinajstić information content (AvgIpc) is 3.88. The first-order valence-electron chi connectivity index (χ1n) is 20.6. The zero-order valence-electron chi connectivity index (χ0n) is 36.3. The lowest BCUT2D eigenvalue weighted by molar-refractivity contribution is 0.00691. The molecule has 4 heterocycles. The topological polar surface area (TPSA) is 154 Å². The molecule has 2 aliphatic rings. The summed E-state index contributed by atoms with van der Waals surface area (Å²) in [7, 11) is -1.84. The van der Waals surface area contributed by atoms with Crippen LogP contribution in [0.25, 0.3) is 33.5 Å². The minimum Gasteiger partial charge on any atom is -0.467 e. The largest absolute Gasteiger partial charge is 0.467 e. The summed E-state index contributed by atoms with van der Waals surface area (Å²) >= 11 is 7.01. The SMILES string of the molecule is COCOc1cc(C(=O)NCCOCCO)ccc1-c1ccc(-c2nc3nc(O[C@@H]4CO[C@@H]5C(O[Si](C)(C)C(C)(C)C)CO[C@@H]54)n(COCC[Si](C)(C)C)c3cc2Cl)cc1. The fraction of sp³-hybridized carbons (Fsp3) is 0.558. The molecule has 1 amide bonds. The van der Waals surface area contributed by atoms with Crippen LogP contribution in [0, 0.1) is 0 Å². The average molecular weight is 886 g/mol. The lowest BCUT2D eigenvalue weighted by Crippen LogP contribution is -2.47. The molecule has 0 saturated carbocycles. The van der Waals surface area contributed by atoms with E-state index in [2.05, 4.69) is 58.8 Å². The molecule has 2 aromatic carbocycles. The Morgan fingerprint density at radius 1 is 0.933 bits per heavy atom. The molecule has 14 nitrogen and oxygen atoms in total. The van der Waals surface area contributed by atoms with Crippen LogP contribution in [0.3, 0.4) is 0 Å². The normalized spacial score (nSPS) is 19.5. The van der Waals surface area contributed by atoms with E-state index < -0.39 is 22.5 Å². The number of rotatable bonds is 20. The lowest BCUT2D eigenvalue weighted by Gasteiger charge is -2.39. The van der Waals surface area contributed by atoms with E-state index in [1.807, 2.05) is 41.0 Å². The Morgan fingerprint density at radius 3 is 2.32 bits per heavy atom. The molecule has 2 aromatic heterocycles. The second-order valence-electron chi connectivity index (χ2n) is 17.9. The predicted octanol–water partition coefficient (Wildman–Crippen LogP) is 7.39. The van der Waals surface area contributed by atoms with Gasteiger partial charge in [0.1, 0.15) is 24.7 Å². The Morgan fingerprint density at radius 2 is 1.63 bits per heavy atom. The van der Waals surface area contributed by atoms with Gasteiger partial charge in [0.15, 0.2) is 26.9 Å². The highest BCUT2D eigenvalue weighted by molar-refractivity contribution is 6.76. The number of aromatic nitrogens is 3. The number of hydrogen-bond acceptors (Lipinski definition) is 12. The molecule has 1 unspecified atom stereocenters. The van der Waals surface area contributed by atoms with Gasteiger partial charge in [-0.2, -0.15) is 4.98 Å². The lowest BCUT2D eigenvalue weighted by atomic mass is 10.00. The van der Waals surface area contributed by atoms with E-state index in [9.17, 15) is 4.79 Å². The van der Waals surface area contributed by atoms with Crippen LogP contribution in [0.4, 0.5) is 0 Å². The number of aliphatic hydroxyl groups is 1. The molecule has 0 radical (unpaired) electrons. The molecule has 0 aliphatic carbocycles. The molecule has 2 saturated heterocycles. The summed E-state index contributed by atoms with van der Waals surface area (Å²) < 4.78 is 50.4. The molecule has 4 aromatic rings. The Bertz CT molecular complexity index is 2070. The van der Waals surface area contributed by atoms with Crippen LogP contribution in [-0.2, 0) is 34.8 Å². The summed E-state index contributed by atoms with van der Waals surface area (Å²) in [6.45, 7) is 20.5. The minimum absolute atomic E-state index is 0.000559. The standard InChI is InChI=1S/C43H61ClN4O10Si2/c1-43(2,3)60(8,9)58-36-25-55-38-35(24-54-39(36)38)57-42-47-40-33(48(42)26-53-20-21-59(5,6)7)23-32(44)37(46-40)29-12-10-28(11-13-29)31-15-14-30(22-34(31)56-27-51-4)41(50)45-16-18-52-19-17-49/h10-15,22-23,35-36,38-39,49H,16-21,24-27H2,1-9H3,(H,45,50)/t35-,36?,38-,39-/m1/s1. The van der Waals surface area contributed by atoms with Crippen molar-refractivity contribution in [2.75, 3.05) is 60.1 Å². The molecule has 2 aliphatic heterocycles. The monoisotopic (exact) mass is 884 g/mol. The van der Waals surface area contributed by atoms with E-state index in [0.717, 1.165) is 22.7 Å². The summed E-state index contributed by atoms with van der Waals surface area (Å²) in [6, 6.07) is 16.3. The van der Waals surface area contributed by atoms with Gasteiger partial charge in [-0.25, -0.2) is 4.98 Å². The Balaban J connectivity index is 1.23. The maximum absolute atomic E-state index is 12.9. The van der Waals surface area contributed by atoms with Crippen molar-refractivity contribution in [2.45, 2.75) is 95.7 Å². The van der Waals surface area contributed by atoms with Crippen molar-refractivity contribution in [3.05, 3.63) is 59.1 Å². The van der Waals surface area contributed by atoms with Crippen LogP contribution < -0.4 is 14.8 Å². The molecule has 4 atom stereocenters. The van der Waals surface area contributed by atoms with Gasteiger partial charge in [-0.1, -0.05) is 76.3 Å². The number of imidazole rings is 1. The van der Waals surface area contributed by atoms with E-state index in [1.54, 1.807) is 12.1 Å². The number of methoxy groups -OCH3 is 1. The van der Waals surface area contributed by atoms with Crippen molar-refractivity contribution in [1.29, 1.82) is 0 Å². The van der Waals surface area contributed by atoms with Crippen molar-refractivity contribution in [2.24, 2.45) is 0 Å².